The number of methoxy groups -OCH3 is 1. The minimum Gasteiger partial charge on any atom is -0.494 e. The molecular weight excluding hydrogens is 475 g/mol. The average Bonchev–Trinajstić information content (AvgIpc) is 2.97. The molecule has 3 aromatic rings. The molecule has 0 aliphatic rings. The monoisotopic (exact) mass is 484 g/mol. The molecule has 3 rings (SSSR count). The fourth-order valence-electron chi connectivity index (χ4n) is 2.20. The number of halogens is 3. The van der Waals surface area contributed by atoms with Crippen LogP contribution in [0.1, 0.15) is 16.1 Å². The van der Waals surface area contributed by atoms with Gasteiger partial charge in [-0.1, -0.05) is 27.5 Å². The molecule has 0 atom stereocenters. The third-order valence-electron chi connectivity index (χ3n) is 3.31. The summed E-state index contributed by atoms with van der Waals surface area (Å²) >= 11 is 12.9. The zero-order valence-corrected chi connectivity index (χ0v) is 16.8. The second-order valence-electron chi connectivity index (χ2n) is 5.01. The summed E-state index contributed by atoms with van der Waals surface area (Å²) in [5.41, 5.74) is 3.75. The Morgan fingerprint density at radius 2 is 2.08 bits per heavy atom. The first kappa shape index (κ1) is 18.0. The van der Waals surface area contributed by atoms with Crippen LogP contribution in [-0.4, -0.2) is 19.2 Å². The summed E-state index contributed by atoms with van der Waals surface area (Å²) in [5.74, 6) is 0.276. The third kappa shape index (κ3) is 4.05. The smallest absolute Gasteiger partial charge is 0.307 e. The van der Waals surface area contributed by atoms with Crippen LogP contribution in [0, 0.1) is 0 Å². The zero-order valence-electron chi connectivity index (χ0n) is 12.8. The van der Waals surface area contributed by atoms with Crippen LogP contribution in [0.2, 0.25) is 5.02 Å². The van der Waals surface area contributed by atoms with Gasteiger partial charge in [0.1, 0.15) is 5.58 Å². The van der Waals surface area contributed by atoms with Crippen molar-refractivity contribution in [3.05, 3.63) is 61.7 Å². The van der Waals surface area contributed by atoms with Crippen molar-refractivity contribution in [2.45, 2.75) is 0 Å². The maximum atomic E-state index is 12.1. The number of amides is 1. The van der Waals surface area contributed by atoms with Gasteiger partial charge in [0.05, 0.1) is 22.8 Å². The van der Waals surface area contributed by atoms with E-state index in [0.717, 1.165) is 9.86 Å². The van der Waals surface area contributed by atoms with Gasteiger partial charge < -0.3 is 9.15 Å². The van der Waals surface area contributed by atoms with Gasteiger partial charge in [0.25, 0.3) is 0 Å². The van der Waals surface area contributed by atoms with Crippen molar-refractivity contribution < 1.29 is 13.9 Å². The van der Waals surface area contributed by atoms with Crippen LogP contribution >= 0.6 is 43.5 Å². The van der Waals surface area contributed by atoms with Crippen molar-refractivity contribution in [1.29, 1.82) is 0 Å². The van der Waals surface area contributed by atoms with Crippen LogP contribution in [0.5, 0.6) is 5.75 Å². The van der Waals surface area contributed by atoms with Gasteiger partial charge in [-0.25, -0.2) is 5.43 Å². The Morgan fingerprint density at radius 3 is 2.80 bits per heavy atom. The van der Waals surface area contributed by atoms with Gasteiger partial charge in [0.15, 0.2) is 11.5 Å². The highest BCUT2D eigenvalue weighted by Crippen LogP contribution is 2.33. The molecule has 5 nitrogen and oxygen atoms in total. The van der Waals surface area contributed by atoms with Crippen LogP contribution in [0.15, 0.2) is 54.9 Å². The van der Waals surface area contributed by atoms with Crippen molar-refractivity contribution >= 4 is 66.6 Å². The lowest BCUT2D eigenvalue weighted by Crippen LogP contribution is -2.16. The number of hydrogen-bond donors (Lipinski definition) is 1. The Labute approximate surface area is 165 Å². The first-order valence-electron chi connectivity index (χ1n) is 7.03. The molecule has 1 N–H and O–H groups in total. The van der Waals surface area contributed by atoms with Gasteiger partial charge >= 0.3 is 5.91 Å². The van der Waals surface area contributed by atoms with Crippen molar-refractivity contribution in [2.24, 2.45) is 5.10 Å². The molecule has 128 valence electrons. The molecule has 25 heavy (non-hydrogen) atoms. The zero-order chi connectivity index (χ0) is 18.0. The lowest BCUT2D eigenvalue weighted by Gasteiger charge is -2.06. The fraction of sp³-hybridized carbons (Fsp3) is 0.0588. The predicted molar refractivity (Wildman–Crippen MR) is 105 cm³/mol. The second-order valence-corrected chi connectivity index (χ2v) is 7.19. The number of hydrazone groups is 1. The van der Waals surface area contributed by atoms with Gasteiger partial charge in [-0.3, -0.25) is 4.79 Å². The third-order valence-corrected chi connectivity index (χ3v) is 4.67. The van der Waals surface area contributed by atoms with E-state index in [1.54, 1.807) is 24.3 Å². The van der Waals surface area contributed by atoms with E-state index >= 15 is 0 Å². The molecule has 1 amide bonds. The fourth-order valence-corrected chi connectivity index (χ4v) is 3.63. The average molecular weight is 487 g/mol. The number of furan rings is 1. The summed E-state index contributed by atoms with van der Waals surface area (Å²) in [6.45, 7) is 0. The van der Waals surface area contributed by atoms with Crippen molar-refractivity contribution in [3.8, 4) is 5.75 Å². The molecule has 0 bridgehead atoms. The molecule has 0 aliphatic carbocycles. The maximum absolute atomic E-state index is 12.1. The van der Waals surface area contributed by atoms with E-state index in [2.05, 4.69) is 42.4 Å². The largest absolute Gasteiger partial charge is 0.494 e. The number of fused-ring (bicyclic) bond motifs is 1. The molecule has 0 spiro atoms. The van der Waals surface area contributed by atoms with Crippen LogP contribution in [-0.2, 0) is 0 Å². The number of rotatable bonds is 4. The Hall–Kier alpha value is -1.83. The lowest BCUT2D eigenvalue weighted by molar-refractivity contribution is 0.0929. The van der Waals surface area contributed by atoms with Gasteiger partial charge in [0.2, 0.25) is 0 Å². The van der Waals surface area contributed by atoms with E-state index < -0.39 is 5.91 Å². The van der Waals surface area contributed by atoms with Crippen LogP contribution in [0.3, 0.4) is 0 Å². The van der Waals surface area contributed by atoms with Gasteiger partial charge in [-0.05, 0) is 57.9 Å². The molecule has 1 aromatic heterocycles. The highest BCUT2D eigenvalue weighted by atomic mass is 79.9. The molecule has 0 saturated heterocycles. The number of hydrogen-bond acceptors (Lipinski definition) is 4. The van der Waals surface area contributed by atoms with E-state index in [9.17, 15) is 4.79 Å². The summed E-state index contributed by atoms with van der Waals surface area (Å²) in [4.78, 5) is 12.1. The maximum Gasteiger partial charge on any atom is 0.307 e. The van der Waals surface area contributed by atoms with Crippen LogP contribution < -0.4 is 10.2 Å². The van der Waals surface area contributed by atoms with Crippen LogP contribution in [0.25, 0.3) is 11.0 Å². The number of nitrogens with zero attached hydrogens (tertiary/aromatic N) is 1. The first-order chi connectivity index (χ1) is 12.0. The number of nitrogens with one attached hydrogen (secondary N) is 1. The summed E-state index contributed by atoms with van der Waals surface area (Å²) in [6.07, 6.45) is 1.48. The summed E-state index contributed by atoms with van der Waals surface area (Å²) < 4.78 is 12.3. The highest BCUT2D eigenvalue weighted by Gasteiger charge is 2.12. The molecular formula is C17H11Br2ClN2O3. The predicted octanol–water partition coefficient (Wildman–Crippen LogP) is 5.38. The Bertz CT molecular complexity index is 962. The first-order valence-corrected chi connectivity index (χ1v) is 9.00. The van der Waals surface area contributed by atoms with Gasteiger partial charge in [-0.2, -0.15) is 5.10 Å². The van der Waals surface area contributed by atoms with Crippen molar-refractivity contribution in [1.82, 2.24) is 5.43 Å². The van der Waals surface area contributed by atoms with E-state index in [4.69, 9.17) is 20.8 Å². The molecule has 0 aliphatic heterocycles. The lowest BCUT2D eigenvalue weighted by atomic mass is 10.2. The topological polar surface area (TPSA) is 63.8 Å². The summed E-state index contributed by atoms with van der Waals surface area (Å²) in [7, 11) is 1.53. The van der Waals surface area contributed by atoms with Gasteiger partial charge in [-0.15, -0.1) is 0 Å². The normalized spacial score (nSPS) is 11.2. The Kier molecular flexibility index (Phi) is 5.46. The minimum atomic E-state index is -0.442. The molecule has 2 aromatic carbocycles. The molecule has 1 heterocycles. The summed E-state index contributed by atoms with van der Waals surface area (Å²) in [5, 5.41) is 5.19. The number of carbonyl (C=O) groups excluding carboxylic acids is 1. The molecule has 0 radical (unpaired) electrons. The van der Waals surface area contributed by atoms with Crippen molar-refractivity contribution in [3.63, 3.8) is 0 Å². The SMILES string of the molecule is COc1c(Cl)cc(/C=N/NC(=O)c2cc3cc(Br)ccc3o2)cc1Br. The van der Waals surface area contributed by atoms with E-state index in [1.807, 2.05) is 12.1 Å². The standard InChI is InChI=1S/C17H11Br2ClN2O3/c1-24-16-12(19)4-9(5-13(16)20)8-21-22-17(23)15-7-10-6-11(18)2-3-14(10)25-15/h2-8H,1H3,(H,22,23)/b21-8+. The Balaban J connectivity index is 1.73. The van der Waals surface area contributed by atoms with Crippen molar-refractivity contribution in [2.75, 3.05) is 7.11 Å². The number of carbonyl (C=O) groups is 1. The molecule has 8 heteroatoms. The second kappa shape index (κ2) is 7.59. The van der Waals surface area contributed by atoms with E-state index in [-0.39, 0.29) is 5.76 Å². The quantitative estimate of drug-likeness (QED) is 0.398. The highest BCUT2D eigenvalue weighted by molar-refractivity contribution is 9.10. The Morgan fingerprint density at radius 1 is 1.28 bits per heavy atom. The van der Waals surface area contributed by atoms with E-state index in [0.29, 0.717) is 26.4 Å². The minimum absolute atomic E-state index is 0.180. The molecule has 0 saturated carbocycles. The number of benzene rings is 2. The molecule has 0 unspecified atom stereocenters. The number of ether oxygens (including phenoxy) is 1. The molecule has 0 fully saturated rings. The van der Waals surface area contributed by atoms with Crippen LogP contribution in [0.4, 0.5) is 0 Å². The van der Waals surface area contributed by atoms with Gasteiger partial charge in [0, 0.05) is 9.86 Å². The summed E-state index contributed by atoms with van der Waals surface area (Å²) in [6, 6.07) is 10.6. The van der Waals surface area contributed by atoms with E-state index in [1.165, 1.54) is 13.3 Å².